The number of Topliss-reactive ketones (excluding diaryl/α,β-unsaturated/α-hetero) is 1. The van der Waals surface area contributed by atoms with Crippen LogP contribution < -0.4 is 16.2 Å². The van der Waals surface area contributed by atoms with Crippen LogP contribution in [0, 0.1) is 11.3 Å². The van der Waals surface area contributed by atoms with Crippen LogP contribution in [0.15, 0.2) is 12.7 Å². The number of nitriles is 1. The van der Waals surface area contributed by atoms with Gasteiger partial charge in [-0.05, 0) is 18.3 Å². The van der Waals surface area contributed by atoms with Crippen LogP contribution >= 0.6 is 12.2 Å². The highest BCUT2D eigenvalue weighted by molar-refractivity contribution is 7.80. The quantitative estimate of drug-likeness (QED) is 0.233. The van der Waals surface area contributed by atoms with E-state index in [2.05, 4.69) is 35.0 Å². The first-order valence-electron chi connectivity index (χ1n) is 3.49. The molecule has 0 rings (SSSR count). The van der Waals surface area contributed by atoms with Crippen molar-refractivity contribution in [3.63, 3.8) is 0 Å². The van der Waals surface area contributed by atoms with Gasteiger partial charge in [0.2, 0.25) is 11.7 Å². The van der Waals surface area contributed by atoms with Crippen LogP contribution in [-0.4, -0.2) is 23.3 Å². The Morgan fingerprint density at radius 1 is 1.57 bits per heavy atom. The second-order valence-corrected chi connectivity index (χ2v) is 2.44. The van der Waals surface area contributed by atoms with Crippen molar-refractivity contribution in [1.82, 2.24) is 16.2 Å². The summed E-state index contributed by atoms with van der Waals surface area (Å²) in [4.78, 5) is 21.1. The standard InChI is InChI=1S/C7H8N4O2S/c1-2-6(13)10-7(14)11-9-4-5(12)3-8/h2,9H,1,4H2,(H2,10,11,13,14). The van der Waals surface area contributed by atoms with Gasteiger partial charge in [-0.15, -0.1) is 0 Å². The first-order chi connectivity index (χ1) is 6.60. The van der Waals surface area contributed by atoms with E-state index in [4.69, 9.17) is 5.26 Å². The lowest BCUT2D eigenvalue weighted by Crippen LogP contribution is -2.47. The van der Waals surface area contributed by atoms with Gasteiger partial charge in [0.15, 0.2) is 5.11 Å². The Kier molecular flexibility index (Phi) is 5.85. The number of carbonyl (C=O) groups excluding carboxylic acids is 2. The van der Waals surface area contributed by atoms with Crippen molar-refractivity contribution in [2.75, 3.05) is 6.54 Å². The van der Waals surface area contributed by atoms with Gasteiger partial charge in [-0.2, -0.15) is 5.26 Å². The molecule has 14 heavy (non-hydrogen) atoms. The SMILES string of the molecule is C=CC(=O)NC(=S)NNCC(=O)C#N. The molecule has 0 aliphatic carbocycles. The summed E-state index contributed by atoms with van der Waals surface area (Å²) in [5.74, 6) is -1.11. The normalized spacial score (nSPS) is 8.21. The van der Waals surface area contributed by atoms with Crippen molar-refractivity contribution in [2.45, 2.75) is 0 Å². The third-order valence-corrected chi connectivity index (χ3v) is 1.20. The maximum Gasteiger partial charge on any atom is 0.249 e. The van der Waals surface area contributed by atoms with Crippen LogP contribution in [0.4, 0.5) is 0 Å². The Labute approximate surface area is 85.9 Å². The fourth-order valence-corrected chi connectivity index (χ4v) is 0.611. The third-order valence-electron chi connectivity index (χ3n) is 0.998. The fourth-order valence-electron chi connectivity index (χ4n) is 0.438. The van der Waals surface area contributed by atoms with E-state index in [0.717, 1.165) is 6.08 Å². The Hall–Kier alpha value is -1.78. The van der Waals surface area contributed by atoms with Gasteiger partial charge < -0.3 is 0 Å². The second kappa shape index (κ2) is 6.71. The molecule has 7 heteroatoms. The monoisotopic (exact) mass is 212 g/mol. The number of amides is 1. The Morgan fingerprint density at radius 3 is 2.71 bits per heavy atom. The van der Waals surface area contributed by atoms with Crippen molar-refractivity contribution in [3.05, 3.63) is 12.7 Å². The summed E-state index contributed by atoms with van der Waals surface area (Å²) in [6.45, 7) is 3.02. The second-order valence-electron chi connectivity index (χ2n) is 2.04. The molecule has 0 heterocycles. The van der Waals surface area contributed by atoms with Crippen LogP contribution in [0.3, 0.4) is 0 Å². The summed E-state index contributed by atoms with van der Waals surface area (Å²) >= 11 is 4.64. The number of ketones is 1. The average Bonchev–Trinajstić information content (AvgIpc) is 2.17. The molecule has 0 radical (unpaired) electrons. The first kappa shape index (κ1) is 12.2. The lowest BCUT2D eigenvalue weighted by Gasteiger charge is -2.06. The predicted molar refractivity (Wildman–Crippen MR) is 52.7 cm³/mol. The highest BCUT2D eigenvalue weighted by Crippen LogP contribution is 1.68. The van der Waals surface area contributed by atoms with Gasteiger partial charge in [-0.1, -0.05) is 6.58 Å². The first-order valence-corrected chi connectivity index (χ1v) is 3.90. The molecular weight excluding hydrogens is 204 g/mol. The number of thiocarbonyl (C=S) groups is 1. The zero-order valence-corrected chi connectivity index (χ0v) is 7.98. The molecule has 0 aliphatic rings. The van der Waals surface area contributed by atoms with Crippen LogP contribution in [0.2, 0.25) is 0 Å². The molecule has 0 atom stereocenters. The molecule has 0 saturated heterocycles. The number of hydrogen-bond donors (Lipinski definition) is 3. The van der Waals surface area contributed by atoms with E-state index in [1.54, 1.807) is 0 Å². The average molecular weight is 212 g/mol. The molecule has 0 aromatic heterocycles. The van der Waals surface area contributed by atoms with E-state index >= 15 is 0 Å². The molecule has 0 aliphatic heterocycles. The maximum atomic E-state index is 10.7. The van der Waals surface area contributed by atoms with Crippen LogP contribution in [0.1, 0.15) is 0 Å². The van der Waals surface area contributed by atoms with Gasteiger partial charge >= 0.3 is 0 Å². The molecule has 0 aromatic rings. The van der Waals surface area contributed by atoms with E-state index in [0.29, 0.717) is 0 Å². The highest BCUT2D eigenvalue weighted by Gasteiger charge is 2.00. The summed E-state index contributed by atoms with van der Waals surface area (Å²) in [5, 5.41) is 10.3. The highest BCUT2D eigenvalue weighted by atomic mass is 32.1. The Bertz CT molecular complexity index is 307. The molecule has 74 valence electrons. The summed E-state index contributed by atoms with van der Waals surface area (Å²) in [5.41, 5.74) is 4.70. The molecular formula is C7H8N4O2S. The van der Waals surface area contributed by atoms with Crippen molar-refractivity contribution in [2.24, 2.45) is 0 Å². The molecule has 0 aromatic carbocycles. The van der Waals surface area contributed by atoms with E-state index in [9.17, 15) is 9.59 Å². The van der Waals surface area contributed by atoms with Gasteiger partial charge in [0.05, 0.1) is 6.54 Å². The van der Waals surface area contributed by atoms with Crippen LogP contribution in [0.25, 0.3) is 0 Å². The largest absolute Gasteiger partial charge is 0.299 e. The smallest absolute Gasteiger partial charge is 0.249 e. The van der Waals surface area contributed by atoms with E-state index in [1.807, 2.05) is 0 Å². The summed E-state index contributed by atoms with van der Waals surface area (Å²) < 4.78 is 0. The lowest BCUT2D eigenvalue weighted by atomic mass is 10.4. The van der Waals surface area contributed by atoms with Gasteiger partial charge in [0, 0.05) is 0 Å². The molecule has 3 N–H and O–H groups in total. The summed E-state index contributed by atoms with van der Waals surface area (Å²) in [6.07, 6.45) is 1.05. The minimum absolute atomic E-state index is 0.000592. The number of hydrogen-bond acceptors (Lipinski definition) is 5. The van der Waals surface area contributed by atoms with Crippen molar-refractivity contribution < 1.29 is 9.59 Å². The molecule has 0 bridgehead atoms. The zero-order chi connectivity index (χ0) is 11.0. The van der Waals surface area contributed by atoms with E-state index in [-0.39, 0.29) is 11.7 Å². The Morgan fingerprint density at radius 2 is 2.21 bits per heavy atom. The number of rotatable bonds is 4. The van der Waals surface area contributed by atoms with Crippen LogP contribution in [-0.2, 0) is 9.59 Å². The number of hydrazine groups is 1. The maximum absolute atomic E-state index is 10.7. The fraction of sp³-hybridized carbons (Fsp3) is 0.143. The predicted octanol–water partition coefficient (Wildman–Crippen LogP) is -1.24. The number of nitrogens with zero attached hydrogens (tertiary/aromatic N) is 1. The van der Waals surface area contributed by atoms with Gasteiger partial charge in [-0.3, -0.25) is 20.3 Å². The minimum atomic E-state index is -0.643. The number of carbonyl (C=O) groups is 2. The molecule has 0 spiro atoms. The molecule has 0 unspecified atom stereocenters. The van der Waals surface area contributed by atoms with Gasteiger partial charge in [-0.25, -0.2) is 5.43 Å². The van der Waals surface area contributed by atoms with Crippen molar-refractivity contribution in [3.8, 4) is 6.07 Å². The van der Waals surface area contributed by atoms with Crippen molar-refractivity contribution in [1.29, 1.82) is 5.26 Å². The van der Waals surface area contributed by atoms with Gasteiger partial charge in [0.1, 0.15) is 6.07 Å². The third kappa shape index (κ3) is 5.82. The number of nitrogens with one attached hydrogen (secondary N) is 3. The summed E-state index contributed by atoms with van der Waals surface area (Å²) in [7, 11) is 0. The Balaban J connectivity index is 3.66. The van der Waals surface area contributed by atoms with Crippen LogP contribution in [0.5, 0.6) is 0 Å². The molecule has 1 amide bonds. The molecule has 6 nitrogen and oxygen atoms in total. The minimum Gasteiger partial charge on any atom is -0.299 e. The summed E-state index contributed by atoms with van der Waals surface area (Å²) in [6, 6.07) is 1.40. The molecule has 0 fully saturated rings. The van der Waals surface area contributed by atoms with Crippen molar-refractivity contribution >= 4 is 29.0 Å². The zero-order valence-electron chi connectivity index (χ0n) is 7.16. The van der Waals surface area contributed by atoms with E-state index < -0.39 is 11.7 Å². The van der Waals surface area contributed by atoms with Gasteiger partial charge in [0.25, 0.3) is 0 Å². The lowest BCUT2D eigenvalue weighted by molar-refractivity contribution is -0.115. The molecule has 0 saturated carbocycles. The topological polar surface area (TPSA) is 94.0 Å². The van der Waals surface area contributed by atoms with E-state index in [1.165, 1.54) is 6.07 Å².